The highest BCUT2D eigenvalue weighted by molar-refractivity contribution is 8.01. The van der Waals surface area contributed by atoms with Crippen molar-refractivity contribution >= 4 is 23.6 Å². The number of rotatable bonds is 1. The van der Waals surface area contributed by atoms with E-state index in [1.807, 2.05) is 4.90 Å². The summed E-state index contributed by atoms with van der Waals surface area (Å²) in [4.78, 5) is 24.6. The maximum atomic E-state index is 11.8. The molecule has 2 amide bonds. The molecule has 0 radical (unpaired) electrons. The monoisotopic (exact) mass is 228 g/mol. The van der Waals surface area contributed by atoms with Crippen LogP contribution in [0.5, 0.6) is 0 Å². The average molecular weight is 228 g/mol. The minimum atomic E-state index is -0.309. The zero-order valence-electron chi connectivity index (χ0n) is 9.40. The van der Waals surface area contributed by atoms with E-state index in [0.29, 0.717) is 0 Å². The fourth-order valence-corrected chi connectivity index (χ4v) is 3.77. The fourth-order valence-electron chi connectivity index (χ4n) is 2.12. The maximum absolute atomic E-state index is 11.8. The first kappa shape index (κ1) is 10.8. The van der Waals surface area contributed by atoms with Gasteiger partial charge in [-0.25, -0.2) is 0 Å². The number of hydrogen-bond donors (Lipinski definition) is 1. The summed E-state index contributed by atoms with van der Waals surface area (Å²) in [6.07, 6.45) is 0. The Morgan fingerprint density at radius 1 is 1.53 bits per heavy atom. The SMILES string of the molecule is CC(=O)NC1C(=O)N2C1SC(C)(C)C2C. The first-order chi connectivity index (χ1) is 6.84. The molecule has 2 rings (SSSR count). The van der Waals surface area contributed by atoms with Gasteiger partial charge in [-0.05, 0) is 20.8 Å². The van der Waals surface area contributed by atoms with E-state index in [0.717, 1.165) is 0 Å². The van der Waals surface area contributed by atoms with Crippen molar-refractivity contribution < 1.29 is 9.59 Å². The molecule has 2 saturated heterocycles. The summed E-state index contributed by atoms with van der Waals surface area (Å²) in [7, 11) is 0. The van der Waals surface area contributed by atoms with Crippen LogP contribution >= 0.6 is 11.8 Å². The van der Waals surface area contributed by atoms with E-state index in [1.54, 1.807) is 11.8 Å². The summed E-state index contributed by atoms with van der Waals surface area (Å²) in [6, 6.07) is -0.0678. The van der Waals surface area contributed by atoms with Crippen molar-refractivity contribution in [1.82, 2.24) is 10.2 Å². The summed E-state index contributed by atoms with van der Waals surface area (Å²) < 4.78 is 0.0769. The molecule has 3 unspecified atom stereocenters. The van der Waals surface area contributed by atoms with Gasteiger partial charge in [-0.1, -0.05) is 0 Å². The smallest absolute Gasteiger partial charge is 0.249 e. The highest BCUT2D eigenvalue weighted by Crippen LogP contribution is 2.50. The molecule has 1 N–H and O–H groups in total. The summed E-state index contributed by atoms with van der Waals surface area (Å²) >= 11 is 1.77. The van der Waals surface area contributed by atoms with E-state index in [9.17, 15) is 9.59 Å². The molecule has 5 heteroatoms. The predicted molar refractivity (Wildman–Crippen MR) is 59.4 cm³/mol. The zero-order chi connectivity index (χ0) is 11.4. The molecule has 2 aliphatic rings. The van der Waals surface area contributed by atoms with E-state index >= 15 is 0 Å². The van der Waals surface area contributed by atoms with Gasteiger partial charge in [0.15, 0.2) is 0 Å². The summed E-state index contributed by atoms with van der Waals surface area (Å²) in [6.45, 7) is 7.79. The minimum Gasteiger partial charge on any atom is -0.342 e. The van der Waals surface area contributed by atoms with Gasteiger partial charge in [0.05, 0.1) is 0 Å². The van der Waals surface area contributed by atoms with E-state index in [-0.39, 0.29) is 34.0 Å². The molecule has 4 nitrogen and oxygen atoms in total. The number of nitrogens with one attached hydrogen (secondary N) is 1. The Morgan fingerprint density at radius 2 is 2.13 bits per heavy atom. The molecule has 0 aromatic heterocycles. The first-order valence-electron chi connectivity index (χ1n) is 5.11. The topological polar surface area (TPSA) is 49.4 Å². The van der Waals surface area contributed by atoms with Crippen LogP contribution in [0.4, 0.5) is 0 Å². The van der Waals surface area contributed by atoms with Crippen LogP contribution in [0.3, 0.4) is 0 Å². The molecule has 2 aliphatic heterocycles. The molecule has 0 saturated carbocycles. The van der Waals surface area contributed by atoms with Crippen LogP contribution in [0, 0.1) is 0 Å². The maximum Gasteiger partial charge on any atom is 0.249 e. The van der Waals surface area contributed by atoms with Crippen LogP contribution in [-0.2, 0) is 9.59 Å². The minimum absolute atomic E-state index is 0.0563. The molecular formula is C10H16N2O2S. The Labute approximate surface area is 93.8 Å². The van der Waals surface area contributed by atoms with Crippen molar-refractivity contribution in [3.05, 3.63) is 0 Å². The van der Waals surface area contributed by atoms with Gasteiger partial charge in [0.2, 0.25) is 11.8 Å². The lowest BCUT2D eigenvalue weighted by Gasteiger charge is -2.43. The quantitative estimate of drug-likeness (QED) is 0.668. The zero-order valence-corrected chi connectivity index (χ0v) is 10.2. The van der Waals surface area contributed by atoms with Crippen LogP contribution in [-0.4, -0.2) is 38.9 Å². The van der Waals surface area contributed by atoms with Gasteiger partial charge >= 0.3 is 0 Å². The molecule has 0 aromatic rings. The second-order valence-corrected chi connectivity index (χ2v) is 6.48. The first-order valence-corrected chi connectivity index (χ1v) is 5.99. The molecule has 2 heterocycles. The Hall–Kier alpha value is -0.710. The molecule has 84 valence electrons. The summed E-state index contributed by atoms with van der Waals surface area (Å²) in [5, 5.41) is 2.84. The van der Waals surface area contributed by atoms with Crippen LogP contribution < -0.4 is 5.32 Å². The highest BCUT2D eigenvalue weighted by atomic mass is 32.2. The highest BCUT2D eigenvalue weighted by Gasteiger charge is 2.59. The van der Waals surface area contributed by atoms with Crippen molar-refractivity contribution in [2.75, 3.05) is 0 Å². The predicted octanol–water partition coefficient (Wildman–Crippen LogP) is 0.573. The number of hydrogen-bond acceptors (Lipinski definition) is 3. The Bertz CT molecular complexity index is 329. The number of nitrogens with zero attached hydrogens (tertiary/aromatic N) is 1. The molecule has 2 fully saturated rings. The molecule has 0 aliphatic carbocycles. The van der Waals surface area contributed by atoms with Gasteiger partial charge in [0.25, 0.3) is 0 Å². The summed E-state index contributed by atoms with van der Waals surface area (Å²) in [5.41, 5.74) is 0. The summed E-state index contributed by atoms with van der Waals surface area (Å²) in [5.74, 6) is -0.0771. The number of thioether (sulfide) groups is 1. The number of fused-ring (bicyclic) bond motifs is 1. The van der Waals surface area contributed by atoms with E-state index in [4.69, 9.17) is 0 Å². The number of amides is 2. The van der Waals surface area contributed by atoms with Crippen molar-refractivity contribution in [2.24, 2.45) is 0 Å². The molecule has 0 spiro atoms. The van der Waals surface area contributed by atoms with Crippen LogP contribution in [0.1, 0.15) is 27.7 Å². The van der Waals surface area contributed by atoms with Crippen molar-refractivity contribution in [2.45, 2.75) is 49.9 Å². The lowest BCUT2D eigenvalue weighted by molar-refractivity contribution is -0.150. The van der Waals surface area contributed by atoms with Crippen LogP contribution in [0.25, 0.3) is 0 Å². The van der Waals surface area contributed by atoms with Crippen LogP contribution in [0.2, 0.25) is 0 Å². The Balaban J connectivity index is 2.13. The molecule has 3 atom stereocenters. The Morgan fingerprint density at radius 3 is 2.67 bits per heavy atom. The van der Waals surface area contributed by atoms with Crippen LogP contribution in [0.15, 0.2) is 0 Å². The standard InChI is InChI=1S/C10H16N2O2S/c1-5-10(3,4)15-9-7(11-6(2)13)8(14)12(5)9/h5,7,9H,1-4H3,(H,11,13). The lowest BCUT2D eigenvalue weighted by atomic mass is 9.97. The second kappa shape index (κ2) is 3.14. The average Bonchev–Trinajstić information content (AvgIpc) is 2.32. The van der Waals surface area contributed by atoms with Gasteiger partial charge in [0.1, 0.15) is 11.4 Å². The van der Waals surface area contributed by atoms with Crippen molar-refractivity contribution in [3.8, 4) is 0 Å². The molecule has 15 heavy (non-hydrogen) atoms. The van der Waals surface area contributed by atoms with E-state index in [1.165, 1.54) is 6.92 Å². The van der Waals surface area contributed by atoms with Gasteiger partial charge in [-0.15, -0.1) is 11.8 Å². The molecule has 0 aromatic carbocycles. The van der Waals surface area contributed by atoms with Gasteiger partial charge in [0, 0.05) is 17.7 Å². The third kappa shape index (κ3) is 1.44. The number of β-lactam (4-membered cyclic amide) rings is 1. The van der Waals surface area contributed by atoms with Gasteiger partial charge < -0.3 is 10.2 Å². The number of carbonyl (C=O) groups excluding carboxylic acids is 2. The molecule has 0 bridgehead atoms. The normalized spacial score (nSPS) is 37.2. The fraction of sp³-hybridized carbons (Fsp3) is 0.800. The van der Waals surface area contributed by atoms with E-state index in [2.05, 4.69) is 26.1 Å². The number of carbonyl (C=O) groups is 2. The molecular weight excluding hydrogens is 212 g/mol. The Kier molecular flexibility index (Phi) is 2.26. The van der Waals surface area contributed by atoms with Gasteiger partial charge in [-0.3, -0.25) is 9.59 Å². The largest absolute Gasteiger partial charge is 0.342 e. The third-order valence-electron chi connectivity index (χ3n) is 3.29. The second-order valence-electron chi connectivity index (χ2n) is 4.71. The lowest BCUT2D eigenvalue weighted by Crippen LogP contribution is -2.68. The third-order valence-corrected chi connectivity index (χ3v) is 4.98. The van der Waals surface area contributed by atoms with Crippen molar-refractivity contribution in [3.63, 3.8) is 0 Å². The van der Waals surface area contributed by atoms with Gasteiger partial charge in [-0.2, -0.15) is 0 Å². The van der Waals surface area contributed by atoms with E-state index < -0.39 is 0 Å². The van der Waals surface area contributed by atoms with Crippen molar-refractivity contribution in [1.29, 1.82) is 0 Å².